The van der Waals surface area contributed by atoms with Crippen molar-refractivity contribution in [1.29, 1.82) is 0 Å². The van der Waals surface area contributed by atoms with Crippen LogP contribution in [0.2, 0.25) is 0 Å². The molecule has 3 unspecified atom stereocenters. The summed E-state index contributed by atoms with van der Waals surface area (Å²) in [4.78, 5) is 0. The minimum Gasteiger partial charge on any atom is -0.324 e. The molecule has 0 spiro atoms. The molecule has 0 aliphatic heterocycles. The summed E-state index contributed by atoms with van der Waals surface area (Å²) in [5, 5.41) is 0. The molecule has 1 aliphatic carbocycles. The van der Waals surface area contributed by atoms with Crippen molar-refractivity contribution in [2.75, 3.05) is 6.61 Å². The Morgan fingerprint density at radius 3 is 2.88 bits per heavy atom. The molecule has 1 rings (SSSR count). The minimum absolute atomic E-state index is 0.245. The third-order valence-electron chi connectivity index (χ3n) is 2.95. The van der Waals surface area contributed by atoms with Crippen LogP contribution in [0.5, 0.6) is 0 Å². The van der Waals surface area contributed by atoms with Crippen molar-refractivity contribution >= 4 is 8.25 Å². The summed E-state index contributed by atoms with van der Waals surface area (Å²) in [7, 11) is -2.51. The topological polar surface area (TPSA) is 87.6 Å². The maximum atomic E-state index is 11.5. The van der Waals surface area contributed by atoms with Gasteiger partial charge in [-0.2, -0.15) is 0 Å². The van der Waals surface area contributed by atoms with Gasteiger partial charge in [0.2, 0.25) is 0 Å². The molecule has 0 aromatic heterocycles. The van der Waals surface area contributed by atoms with E-state index in [0.717, 1.165) is 32.1 Å². The van der Waals surface area contributed by atoms with Gasteiger partial charge in [-0.05, 0) is 25.7 Å². The summed E-state index contributed by atoms with van der Waals surface area (Å²) in [6, 6.07) is -0.245. The molecule has 0 bridgehead atoms. The molecular weight excluding hydrogens is 227 g/mol. The Morgan fingerprint density at radius 1 is 1.50 bits per heavy atom. The molecule has 4 N–H and O–H groups in total. The first-order valence-corrected chi connectivity index (χ1v) is 7.21. The Labute approximate surface area is 97.8 Å². The van der Waals surface area contributed by atoms with Gasteiger partial charge in [0.15, 0.2) is 0 Å². The first-order chi connectivity index (χ1) is 7.58. The van der Waals surface area contributed by atoms with Crippen molar-refractivity contribution in [2.45, 2.75) is 57.2 Å². The van der Waals surface area contributed by atoms with E-state index in [1.54, 1.807) is 0 Å². The molecule has 1 aliphatic rings. The molecule has 3 atom stereocenters. The van der Waals surface area contributed by atoms with Crippen LogP contribution in [0.3, 0.4) is 0 Å². The van der Waals surface area contributed by atoms with Gasteiger partial charge >= 0.3 is 8.25 Å². The summed E-state index contributed by atoms with van der Waals surface area (Å²) in [6.07, 6.45) is 5.38. The molecule has 0 saturated heterocycles. The largest absolute Gasteiger partial charge is 0.324 e. The van der Waals surface area contributed by atoms with Gasteiger partial charge in [-0.1, -0.05) is 19.8 Å². The molecule has 96 valence electrons. The quantitative estimate of drug-likeness (QED) is 0.426. The first kappa shape index (κ1) is 14.1. The van der Waals surface area contributed by atoms with Gasteiger partial charge in [0.25, 0.3) is 0 Å². The highest BCUT2D eigenvalue weighted by atomic mass is 31.1. The van der Waals surface area contributed by atoms with Gasteiger partial charge in [0.1, 0.15) is 5.72 Å². The van der Waals surface area contributed by atoms with Crippen LogP contribution in [-0.4, -0.2) is 18.4 Å². The van der Waals surface area contributed by atoms with Gasteiger partial charge in [-0.15, -0.1) is 0 Å². The normalized spacial score (nSPS) is 32.6. The maximum absolute atomic E-state index is 11.5. The third-order valence-corrected chi connectivity index (χ3v) is 3.94. The predicted molar refractivity (Wildman–Crippen MR) is 64.3 cm³/mol. The number of hydrogen-bond donors (Lipinski definition) is 2. The second-order valence-electron chi connectivity index (χ2n) is 4.36. The van der Waals surface area contributed by atoms with Crippen molar-refractivity contribution in [2.24, 2.45) is 11.5 Å². The van der Waals surface area contributed by atoms with Crippen LogP contribution in [0.25, 0.3) is 0 Å². The lowest BCUT2D eigenvalue weighted by atomic mass is 9.88. The van der Waals surface area contributed by atoms with Crippen LogP contribution in [0.15, 0.2) is 0 Å². The summed E-state index contributed by atoms with van der Waals surface area (Å²) in [5.74, 6) is 0. The molecule has 1 saturated carbocycles. The molecule has 0 aromatic carbocycles. The van der Waals surface area contributed by atoms with Crippen molar-refractivity contribution in [1.82, 2.24) is 0 Å². The molecule has 6 heteroatoms. The maximum Gasteiger partial charge on any atom is 0.320 e. The highest BCUT2D eigenvalue weighted by Gasteiger charge is 2.37. The highest BCUT2D eigenvalue weighted by molar-refractivity contribution is 7.33. The van der Waals surface area contributed by atoms with Crippen molar-refractivity contribution in [3.8, 4) is 0 Å². The van der Waals surface area contributed by atoms with E-state index in [0.29, 0.717) is 13.0 Å². The van der Waals surface area contributed by atoms with E-state index in [2.05, 4.69) is 0 Å². The van der Waals surface area contributed by atoms with Crippen molar-refractivity contribution in [3.05, 3.63) is 0 Å². The first-order valence-electron chi connectivity index (χ1n) is 5.98. The minimum atomic E-state index is -2.51. The number of rotatable bonds is 6. The molecular formula is C10H23N2O3P. The van der Waals surface area contributed by atoms with E-state index in [9.17, 15) is 4.57 Å². The fourth-order valence-corrected chi connectivity index (χ4v) is 2.74. The van der Waals surface area contributed by atoms with E-state index in [4.69, 9.17) is 20.5 Å². The Kier molecular flexibility index (Phi) is 5.94. The number of unbranched alkanes of at least 4 members (excludes halogenated alkanes) is 1. The molecule has 16 heavy (non-hydrogen) atoms. The number of hydrogen-bond acceptors (Lipinski definition) is 5. The van der Waals surface area contributed by atoms with Gasteiger partial charge in [-0.3, -0.25) is 9.09 Å². The summed E-state index contributed by atoms with van der Waals surface area (Å²) >= 11 is 0. The van der Waals surface area contributed by atoms with Crippen LogP contribution in [0.4, 0.5) is 0 Å². The van der Waals surface area contributed by atoms with Crippen LogP contribution in [0.1, 0.15) is 45.4 Å². The molecule has 0 aromatic rings. The average molecular weight is 250 g/mol. The van der Waals surface area contributed by atoms with E-state index in [1.807, 2.05) is 6.92 Å². The smallest absolute Gasteiger partial charge is 0.320 e. The monoisotopic (exact) mass is 250 g/mol. The second-order valence-corrected chi connectivity index (χ2v) is 5.35. The zero-order valence-electron chi connectivity index (χ0n) is 9.91. The third kappa shape index (κ3) is 4.15. The van der Waals surface area contributed by atoms with Crippen molar-refractivity contribution in [3.63, 3.8) is 0 Å². The van der Waals surface area contributed by atoms with Gasteiger partial charge < -0.3 is 16.0 Å². The van der Waals surface area contributed by atoms with Crippen LogP contribution < -0.4 is 11.5 Å². The molecule has 0 radical (unpaired) electrons. The fourth-order valence-electron chi connectivity index (χ4n) is 1.81. The lowest BCUT2D eigenvalue weighted by Crippen LogP contribution is -2.57. The Hall–Kier alpha value is 0.0700. The van der Waals surface area contributed by atoms with Crippen LogP contribution in [-0.2, 0) is 13.6 Å². The number of nitrogens with two attached hydrogens (primary N) is 2. The van der Waals surface area contributed by atoms with E-state index < -0.39 is 14.0 Å². The zero-order valence-corrected chi connectivity index (χ0v) is 10.9. The van der Waals surface area contributed by atoms with Gasteiger partial charge in [-0.25, -0.2) is 0 Å². The zero-order chi connectivity index (χ0) is 12.0. The molecule has 1 fully saturated rings. The molecule has 5 nitrogen and oxygen atoms in total. The van der Waals surface area contributed by atoms with E-state index in [1.165, 1.54) is 0 Å². The Bertz CT molecular complexity index is 240. The molecule has 0 heterocycles. The van der Waals surface area contributed by atoms with Crippen molar-refractivity contribution < 1.29 is 13.6 Å². The summed E-state index contributed by atoms with van der Waals surface area (Å²) < 4.78 is 21.9. The Balaban J connectivity index is 2.35. The average Bonchev–Trinajstić information content (AvgIpc) is 2.23. The second kappa shape index (κ2) is 6.72. The van der Waals surface area contributed by atoms with Gasteiger partial charge in [0.05, 0.1) is 6.61 Å². The lowest BCUT2D eigenvalue weighted by molar-refractivity contribution is 0.00923. The van der Waals surface area contributed by atoms with E-state index in [-0.39, 0.29) is 6.04 Å². The standard InChI is InChI=1S/C10H23N2O3P/c1-2-3-8-14-16(13)15-10(12)7-5-4-6-9(10)11/h9,16H,2-8,11-12H2,1H3. The Morgan fingerprint density at radius 2 is 2.25 bits per heavy atom. The van der Waals surface area contributed by atoms with Crippen LogP contribution in [0, 0.1) is 0 Å². The molecule has 0 amide bonds. The predicted octanol–water partition coefficient (Wildman–Crippen LogP) is 1.77. The fraction of sp³-hybridized carbons (Fsp3) is 1.00. The highest BCUT2D eigenvalue weighted by Crippen LogP contribution is 2.36. The summed E-state index contributed by atoms with van der Waals surface area (Å²) in [5.41, 5.74) is 10.9. The van der Waals surface area contributed by atoms with Crippen LogP contribution >= 0.6 is 8.25 Å². The summed E-state index contributed by atoms with van der Waals surface area (Å²) in [6.45, 7) is 2.50. The van der Waals surface area contributed by atoms with E-state index >= 15 is 0 Å². The van der Waals surface area contributed by atoms with Gasteiger partial charge in [0, 0.05) is 6.04 Å². The lowest BCUT2D eigenvalue weighted by Gasteiger charge is -2.37. The SMILES string of the molecule is CCCCO[PH](=O)OC1(N)CCCCC1N.